The molecule has 0 spiro atoms. The maximum atomic E-state index is 14.5. The standard InChI is InChI=1S/C34H28ClN3O7S/c1-5-44-33(42)27-18(2)36-34-38(29(27)21-12-15-25(45-19(3)39)26(16-21)43-4)32(41)30(46-34)28-23-8-6-7-9-24(23)37(31(28)40)17-20-10-13-22(35)14-11-20/h6-16,29H,5,17H2,1-4H3. The Hall–Kier alpha value is -5.00. The summed E-state index contributed by atoms with van der Waals surface area (Å²) in [7, 11) is 1.42. The van der Waals surface area contributed by atoms with Crippen LogP contribution < -0.4 is 29.3 Å². The lowest BCUT2D eigenvalue weighted by Gasteiger charge is -2.25. The number of halogens is 1. The molecule has 0 saturated heterocycles. The van der Waals surface area contributed by atoms with Gasteiger partial charge in [0.05, 0.1) is 48.8 Å². The van der Waals surface area contributed by atoms with Gasteiger partial charge in [-0.05, 0) is 55.3 Å². The molecule has 234 valence electrons. The van der Waals surface area contributed by atoms with Crippen molar-refractivity contribution in [2.45, 2.75) is 33.4 Å². The number of para-hydroxylation sites is 1. The van der Waals surface area contributed by atoms with E-state index in [9.17, 15) is 19.2 Å². The minimum Gasteiger partial charge on any atom is -0.493 e. The van der Waals surface area contributed by atoms with E-state index in [1.165, 1.54) is 24.7 Å². The first-order chi connectivity index (χ1) is 22.1. The van der Waals surface area contributed by atoms with Crippen LogP contribution in [0.15, 0.2) is 87.8 Å². The van der Waals surface area contributed by atoms with Gasteiger partial charge in [-0.3, -0.25) is 19.0 Å². The summed E-state index contributed by atoms with van der Waals surface area (Å²) in [4.78, 5) is 60.2. The molecule has 3 aromatic carbocycles. The number of anilines is 1. The number of thiazole rings is 1. The number of allylic oxidation sites excluding steroid dienone is 1. The third-order valence-electron chi connectivity index (χ3n) is 7.65. The lowest BCUT2D eigenvalue weighted by molar-refractivity contribution is -0.139. The third kappa shape index (κ3) is 5.41. The first kappa shape index (κ1) is 31.0. The van der Waals surface area contributed by atoms with E-state index in [1.54, 1.807) is 43.0 Å². The van der Waals surface area contributed by atoms with Gasteiger partial charge in [0.15, 0.2) is 16.3 Å². The van der Waals surface area contributed by atoms with Crippen LogP contribution >= 0.6 is 22.9 Å². The van der Waals surface area contributed by atoms with Crippen LogP contribution in [0.25, 0.3) is 5.57 Å². The van der Waals surface area contributed by atoms with Crippen LogP contribution in [0.1, 0.15) is 43.5 Å². The Morgan fingerprint density at radius 1 is 1.02 bits per heavy atom. The monoisotopic (exact) mass is 657 g/mol. The number of fused-ring (bicyclic) bond motifs is 2. The molecule has 0 aliphatic carbocycles. The second kappa shape index (κ2) is 12.4. The number of carbonyl (C=O) groups is 3. The van der Waals surface area contributed by atoms with Crippen LogP contribution in [-0.2, 0) is 25.7 Å². The van der Waals surface area contributed by atoms with E-state index in [1.807, 2.05) is 36.4 Å². The maximum absolute atomic E-state index is 14.5. The zero-order chi connectivity index (χ0) is 32.7. The number of rotatable bonds is 7. The number of methoxy groups -OCH3 is 1. The number of benzene rings is 3. The fraction of sp³-hybridized carbons (Fsp3) is 0.206. The molecule has 0 radical (unpaired) electrons. The molecule has 1 unspecified atom stereocenters. The number of aromatic nitrogens is 1. The Balaban J connectivity index is 1.56. The number of ether oxygens (including phenoxy) is 3. The summed E-state index contributed by atoms with van der Waals surface area (Å²) < 4.78 is 17.8. The molecule has 2 aliphatic heterocycles. The fourth-order valence-electron chi connectivity index (χ4n) is 5.68. The molecule has 12 heteroatoms. The first-order valence-corrected chi connectivity index (χ1v) is 15.6. The lowest BCUT2D eigenvalue weighted by atomic mass is 9.95. The molecule has 10 nitrogen and oxygen atoms in total. The van der Waals surface area contributed by atoms with E-state index >= 15 is 0 Å². The van der Waals surface area contributed by atoms with Crippen LogP contribution in [0, 0.1) is 0 Å². The van der Waals surface area contributed by atoms with Crippen molar-refractivity contribution in [1.82, 2.24) is 4.57 Å². The van der Waals surface area contributed by atoms with E-state index in [0.29, 0.717) is 32.3 Å². The molecule has 6 rings (SSSR count). The van der Waals surface area contributed by atoms with Crippen LogP contribution in [0.2, 0.25) is 5.02 Å². The average Bonchev–Trinajstić information content (AvgIpc) is 3.49. The summed E-state index contributed by atoms with van der Waals surface area (Å²) >= 11 is 7.16. The van der Waals surface area contributed by atoms with Gasteiger partial charge >= 0.3 is 11.9 Å². The van der Waals surface area contributed by atoms with Crippen molar-refractivity contribution < 1.29 is 28.6 Å². The molecule has 1 atom stereocenters. The van der Waals surface area contributed by atoms with Crippen molar-refractivity contribution in [2.24, 2.45) is 4.99 Å². The molecular formula is C34H28ClN3O7S. The van der Waals surface area contributed by atoms with E-state index in [4.69, 9.17) is 25.8 Å². The Morgan fingerprint density at radius 3 is 2.46 bits per heavy atom. The maximum Gasteiger partial charge on any atom is 0.338 e. The second-order valence-corrected chi connectivity index (χ2v) is 12.0. The van der Waals surface area contributed by atoms with E-state index in [2.05, 4.69) is 4.99 Å². The minimum atomic E-state index is -0.971. The number of esters is 2. The van der Waals surface area contributed by atoms with Gasteiger partial charge in [-0.2, -0.15) is 0 Å². The minimum absolute atomic E-state index is 0.111. The molecule has 1 amide bonds. The van der Waals surface area contributed by atoms with E-state index < -0.39 is 23.5 Å². The molecule has 0 saturated carbocycles. The number of nitrogens with zero attached hydrogens (tertiary/aromatic N) is 3. The van der Waals surface area contributed by atoms with Gasteiger partial charge in [0.1, 0.15) is 4.53 Å². The first-order valence-electron chi connectivity index (χ1n) is 14.4. The second-order valence-electron chi connectivity index (χ2n) is 10.5. The molecule has 0 N–H and O–H groups in total. The van der Waals surface area contributed by atoms with E-state index in [-0.39, 0.29) is 46.2 Å². The number of amides is 1. The Bertz CT molecular complexity index is 2130. The predicted molar refractivity (Wildman–Crippen MR) is 173 cm³/mol. The fourth-order valence-corrected chi connectivity index (χ4v) is 6.94. The molecule has 1 aromatic heterocycles. The van der Waals surface area contributed by atoms with Crippen molar-refractivity contribution in [1.29, 1.82) is 0 Å². The molecule has 0 fully saturated rings. The van der Waals surface area contributed by atoms with Crippen LogP contribution in [0.5, 0.6) is 11.5 Å². The average molecular weight is 658 g/mol. The van der Waals surface area contributed by atoms with E-state index in [0.717, 1.165) is 16.9 Å². The summed E-state index contributed by atoms with van der Waals surface area (Å²) in [6.45, 7) is 5.03. The van der Waals surface area contributed by atoms with Gasteiger partial charge in [-0.25, -0.2) is 9.79 Å². The van der Waals surface area contributed by atoms with Gasteiger partial charge in [-0.15, -0.1) is 0 Å². The molecule has 0 bridgehead atoms. The number of hydrogen-bond donors (Lipinski definition) is 0. The summed E-state index contributed by atoms with van der Waals surface area (Å²) in [5.74, 6) is -1.08. The van der Waals surface area contributed by atoms with Crippen molar-refractivity contribution in [2.75, 3.05) is 18.6 Å². The highest BCUT2D eigenvalue weighted by Gasteiger charge is 2.37. The molecule has 46 heavy (non-hydrogen) atoms. The van der Waals surface area contributed by atoms with Crippen LogP contribution in [0.4, 0.5) is 5.69 Å². The van der Waals surface area contributed by atoms with Crippen molar-refractivity contribution in [3.05, 3.63) is 119 Å². The zero-order valence-electron chi connectivity index (χ0n) is 25.3. The van der Waals surface area contributed by atoms with Crippen molar-refractivity contribution >= 4 is 52.0 Å². The summed E-state index contributed by atoms with van der Waals surface area (Å²) in [5.41, 5.74) is 2.96. The Labute approximate surface area is 272 Å². The SMILES string of the molecule is CCOC(=O)C1=C(C)N=c2sc(=C3C(=O)N(Cc4ccc(Cl)cc4)c4ccccc43)c(=O)n2C1c1ccc(OC(C)=O)c(OC)c1. The zero-order valence-corrected chi connectivity index (χ0v) is 26.9. The van der Waals surface area contributed by atoms with Gasteiger partial charge in [-0.1, -0.05) is 59.3 Å². The van der Waals surface area contributed by atoms with Crippen molar-refractivity contribution in [3.63, 3.8) is 0 Å². The predicted octanol–water partition coefficient (Wildman–Crippen LogP) is 4.30. The Morgan fingerprint density at radius 2 is 1.76 bits per heavy atom. The molecule has 3 heterocycles. The topological polar surface area (TPSA) is 117 Å². The van der Waals surface area contributed by atoms with Gasteiger partial charge in [0.25, 0.3) is 11.5 Å². The summed E-state index contributed by atoms with van der Waals surface area (Å²) in [6.07, 6.45) is 0. The summed E-state index contributed by atoms with van der Waals surface area (Å²) in [6, 6.07) is 18.4. The van der Waals surface area contributed by atoms with Gasteiger partial charge in [0.2, 0.25) is 0 Å². The highest BCUT2D eigenvalue weighted by Crippen LogP contribution is 2.38. The smallest absolute Gasteiger partial charge is 0.338 e. The van der Waals surface area contributed by atoms with Gasteiger partial charge in [0, 0.05) is 17.5 Å². The lowest BCUT2D eigenvalue weighted by Crippen LogP contribution is -2.41. The number of carbonyl (C=O) groups excluding carboxylic acids is 3. The Kier molecular flexibility index (Phi) is 8.37. The highest BCUT2D eigenvalue weighted by molar-refractivity contribution is 7.07. The molecular weight excluding hydrogens is 630 g/mol. The van der Waals surface area contributed by atoms with Gasteiger partial charge < -0.3 is 19.1 Å². The summed E-state index contributed by atoms with van der Waals surface area (Å²) in [5, 5.41) is 0.587. The number of hydrogen-bond acceptors (Lipinski definition) is 9. The van der Waals surface area contributed by atoms with Crippen LogP contribution in [0.3, 0.4) is 0 Å². The molecule has 2 aliphatic rings. The molecule has 4 aromatic rings. The quantitative estimate of drug-likeness (QED) is 0.215. The largest absolute Gasteiger partial charge is 0.493 e. The third-order valence-corrected chi connectivity index (χ3v) is 8.96. The van der Waals surface area contributed by atoms with Crippen molar-refractivity contribution in [3.8, 4) is 11.5 Å². The normalized spacial score (nSPS) is 16.5. The highest BCUT2D eigenvalue weighted by atomic mass is 35.5. The van der Waals surface area contributed by atoms with Crippen LogP contribution in [-0.4, -0.2) is 36.1 Å².